The molecule has 0 unspecified atom stereocenters. The van der Waals surface area contributed by atoms with Crippen LogP contribution in [0, 0.1) is 0 Å². The number of H-pyrrole nitrogens is 2. The predicted molar refractivity (Wildman–Crippen MR) is 42.0 cm³/mol. The molecule has 0 atom stereocenters. The van der Waals surface area contributed by atoms with Crippen LogP contribution in [0.2, 0.25) is 0 Å². The molecule has 6 heteroatoms. The Labute approximate surface area is 66.6 Å². The summed E-state index contributed by atoms with van der Waals surface area (Å²) < 4.78 is 0. The van der Waals surface area contributed by atoms with Crippen LogP contribution in [0.1, 0.15) is 6.92 Å². The standard InChI is InChI=1S/C6H7N3O3/c1-3(10)7-4-2-5(11)9-6(12)8-4/h2H,1H3,(H3,7,8,9,10,11,12). The summed E-state index contributed by atoms with van der Waals surface area (Å²) >= 11 is 0. The van der Waals surface area contributed by atoms with E-state index in [9.17, 15) is 14.4 Å². The molecule has 0 aliphatic carbocycles. The van der Waals surface area contributed by atoms with E-state index in [0.717, 1.165) is 6.07 Å². The van der Waals surface area contributed by atoms with Crippen molar-refractivity contribution in [3.8, 4) is 0 Å². The molecule has 1 aromatic rings. The van der Waals surface area contributed by atoms with Crippen LogP contribution in [-0.4, -0.2) is 15.9 Å². The molecule has 1 heterocycles. The van der Waals surface area contributed by atoms with Crippen LogP contribution >= 0.6 is 0 Å². The minimum atomic E-state index is -0.647. The van der Waals surface area contributed by atoms with Gasteiger partial charge in [-0.3, -0.25) is 19.6 Å². The number of carbonyl (C=O) groups is 1. The summed E-state index contributed by atoms with van der Waals surface area (Å²) in [5, 5.41) is 2.27. The second kappa shape index (κ2) is 3.04. The van der Waals surface area contributed by atoms with Crippen molar-refractivity contribution in [1.29, 1.82) is 0 Å². The molecule has 0 saturated heterocycles. The van der Waals surface area contributed by atoms with Crippen molar-refractivity contribution in [3.63, 3.8) is 0 Å². The number of amides is 1. The lowest BCUT2D eigenvalue weighted by Gasteiger charge is -1.98. The zero-order valence-corrected chi connectivity index (χ0v) is 6.30. The first-order chi connectivity index (χ1) is 5.58. The summed E-state index contributed by atoms with van der Waals surface area (Å²) in [5.41, 5.74) is -1.20. The molecule has 0 bridgehead atoms. The second-order valence-electron chi connectivity index (χ2n) is 2.18. The van der Waals surface area contributed by atoms with Gasteiger partial charge < -0.3 is 5.32 Å². The normalized spacial score (nSPS) is 9.42. The fraction of sp³-hybridized carbons (Fsp3) is 0.167. The molecule has 3 N–H and O–H groups in total. The average Bonchev–Trinajstić information content (AvgIpc) is 1.81. The first-order valence-corrected chi connectivity index (χ1v) is 3.19. The number of anilines is 1. The van der Waals surface area contributed by atoms with Crippen LogP contribution in [0.25, 0.3) is 0 Å². The molecule has 0 aliphatic rings. The Morgan fingerprint density at radius 2 is 2.08 bits per heavy atom. The number of aromatic amines is 2. The number of aromatic nitrogens is 2. The third-order valence-corrected chi connectivity index (χ3v) is 1.07. The van der Waals surface area contributed by atoms with Crippen molar-refractivity contribution < 1.29 is 4.79 Å². The molecular formula is C6H7N3O3. The molecule has 0 fully saturated rings. The van der Waals surface area contributed by atoms with E-state index in [-0.39, 0.29) is 11.7 Å². The van der Waals surface area contributed by atoms with Gasteiger partial charge in [0.05, 0.1) is 0 Å². The topological polar surface area (TPSA) is 94.8 Å². The monoisotopic (exact) mass is 169 g/mol. The summed E-state index contributed by atoms with van der Waals surface area (Å²) in [6, 6.07) is 1.09. The number of rotatable bonds is 1. The van der Waals surface area contributed by atoms with Gasteiger partial charge in [0.1, 0.15) is 5.82 Å². The molecule has 64 valence electrons. The van der Waals surface area contributed by atoms with E-state index in [1.807, 2.05) is 4.98 Å². The van der Waals surface area contributed by atoms with Crippen molar-refractivity contribution in [2.24, 2.45) is 0 Å². The molecule has 1 aromatic heterocycles. The third-order valence-electron chi connectivity index (χ3n) is 1.07. The van der Waals surface area contributed by atoms with Gasteiger partial charge in [-0.2, -0.15) is 0 Å². The van der Waals surface area contributed by atoms with Crippen LogP contribution in [0.5, 0.6) is 0 Å². The largest absolute Gasteiger partial charge is 0.327 e. The zero-order valence-electron chi connectivity index (χ0n) is 6.30. The molecule has 0 radical (unpaired) electrons. The maximum absolute atomic E-state index is 10.7. The Morgan fingerprint density at radius 3 is 2.58 bits per heavy atom. The van der Waals surface area contributed by atoms with Gasteiger partial charge in [-0.1, -0.05) is 0 Å². The average molecular weight is 169 g/mol. The summed E-state index contributed by atoms with van der Waals surface area (Å²) in [6.45, 7) is 1.28. The van der Waals surface area contributed by atoms with E-state index in [1.54, 1.807) is 0 Å². The highest BCUT2D eigenvalue weighted by atomic mass is 16.2. The number of nitrogens with one attached hydrogen (secondary N) is 3. The minimum Gasteiger partial charge on any atom is -0.312 e. The van der Waals surface area contributed by atoms with E-state index in [2.05, 4.69) is 10.3 Å². The Bertz CT molecular complexity index is 375. The van der Waals surface area contributed by atoms with Gasteiger partial charge in [0.15, 0.2) is 0 Å². The van der Waals surface area contributed by atoms with Gasteiger partial charge in [-0.05, 0) is 0 Å². The van der Waals surface area contributed by atoms with Crippen molar-refractivity contribution in [2.75, 3.05) is 5.32 Å². The summed E-state index contributed by atoms with van der Waals surface area (Å²) in [6.07, 6.45) is 0. The van der Waals surface area contributed by atoms with Crippen molar-refractivity contribution in [1.82, 2.24) is 9.97 Å². The molecule has 1 rings (SSSR count). The van der Waals surface area contributed by atoms with Crippen LogP contribution < -0.4 is 16.6 Å². The molecule has 6 nitrogen and oxygen atoms in total. The van der Waals surface area contributed by atoms with Crippen LogP contribution in [0.3, 0.4) is 0 Å². The quantitative estimate of drug-likeness (QED) is 0.504. The van der Waals surface area contributed by atoms with Gasteiger partial charge in [0.2, 0.25) is 5.91 Å². The van der Waals surface area contributed by atoms with Crippen molar-refractivity contribution in [3.05, 3.63) is 26.9 Å². The molecular weight excluding hydrogens is 162 g/mol. The first kappa shape index (κ1) is 8.25. The van der Waals surface area contributed by atoms with Crippen LogP contribution in [0.15, 0.2) is 15.7 Å². The highest BCUT2D eigenvalue weighted by Gasteiger charge is 1.96. The van der Waals surface area contributed by atoms with Crippen molar-refractivity contribution >= 4 is 11.7 Å². The minimum absolute atomic E-state index is 0.0938. The van der Waals surface area contributed by atoms with Gasteiger partial charge in [0, 0.05) is 13.0 Å². The van der Waals surface area contributed by atoms with E-state index >= 15 is 0 Å². The van der Waals surface area contributed by atoms with Gasteiger partial charge in [0.25, 0.3) is 5.56 Å². The Kier molecular flexibility index (Phi) is 2.09. The van der Waals surface area contributed by atoms with E-state index in [4.69, 9.17) is 0 Å². The number of hydrogen-bond donors (Lipinski definition) is 3. The zero-order chi connectivity index (χ0) is 9.14. The third kappa shape index (κ3) is 2.08. The SMILES string of the molecule is CC(=O)Nc1cc(=O)[nH]c(=O)[nH]1. The fourth-order valence-electron chi connectivity index (χ4n) is 0.726. The van der Waals surface area contributed by atoms with Gasteiger partial charge in [-0.25, -0.2) is 4.79 Å². The smallest absolute Gasteiger partial charge is 0.312 e. The summed E-state index contributed by atoms with van der Waals surface area (Å²) in [4.78, 5) is 36.0. The first-order valence-electron chi connectivity index (χ1n) is 3.19. The highest BCUT2D eigenvalue weighted by Crippen LogP contribution is 1.90. The van der Waals surface area contributed by atoms with Crippen LogP contribution in [-0.2, 0) is 4.79 Å². The van der Waals surface area contributed by atoms with E-state index in [0.29, 0.717) is 0 Å². The Hall–Kier alpha value is -1.85. The summed E-state index contributed by atoms with van der Waals surface area (Å²) in [7, 11) is 0. The fourth-order valence-corrected chi connectivity index (χ4v) is 0.726. The number of carbonyl (C=O) groups excluding carboxylic acids is 1. The highest BCUT2D eigenvalue weighted by molar-refractivity contribution is 5.87. The molecule has 1 amide bonds. The lowest BCUT2D eigenvalue weighted by Crippen LogP contribution is -2.23. The molecule has 0 spiro atoms. The molecule has 12 heavy (non-hydrogen) atoms. The van der Waals surface area contributed by atoms with Crippen molar-refractivity contribution in [2.45, 2.75) is 6.92 Å². The second-order valence-corrected chi connectivity index (χ2v) is 2.18. The van der Waals surface area contributed by atoms with Gasteiger partial charge in [-0.15, -0.1) is 0 Å². The lowest BCUT2D eigenvalue weighted by molar-refractivity contribution is -0.114. The molecule has 0 aliphatic heterocycles. The predicted octanol–water partition coefficient (Wildman–Crippen LogP) is -0.978. The van der Waals surface area contributed by atoms with E-state index < -0.39 is 11.2 Å². The molecule has 0 saturated carbocycles. The van der Waals surface area contributed by atoms with Crippen LogP contribution in [0.4, 0.5) is 5.82 Å². The summed E-state index contributed by atoms with van der Waals surface area (Å²) in [5.74, 6) is -0.257. The molecule has 0 aromatic carbocycles. The maximum Gasteiger partial charge on any atom is 0.327 e. The maximum atomic E-state index is 10.7. The Morgan fingerprint density at radius 1 is 1.42 bits per heavy atom. The number of hydrogen-bond acceptors (Lipinski definition) is 3. The van der Waals surface area contributed by atoms with Gasteiger partial charge >= 0.3 is 5.69 Å². The van der Waals surface area contributed by atoms with E-state index in [1.165, 1.54) is 6.92 Å². The Balaban J connectivity index is 3.09. The lowest BCUT2D eigenvalue weighted by atomic mass is 10.5.